The van der Waals surface area contributed by atoms with Gasteiger partial charge in [-0.3, -0.25) is 24.6 Å². The van der Waals surface area contributed by atoms with Crippen molar-refractivity contribution in [2.75, 3.05) is 38.2 Å². The normalized spacial score (nSPS) is 18.9. The van der Waals surface area contributed by atoms with E-state index >= 15 is 0 Å². The smallest absolute Gasteiger partial charge is 0.404 e. The predicted molar refractivity (Wildman–Crippen MR) is 191 cm³/mol. The number of ether oxygens (including phenoxy) is 1. The van der Waals surface area contributed by atoms with Gasteiger partial charge in [-0.15, -0.1) is 0 Å². The number of benzene rings is 3. The minimum atomic E-state index is -3.73. The van der Waals surface area contributed by atoms with E-state index in [0.29, 0.717) is 62.0 Å². The summed E-state index contributed by atoms with van der Waals surface area (Å²) in [7, 11) is -3.73. The summed E-state index contributed by atoms with van der Waals surface area (Å²) in [6.45, 7) is 3.51. The van der Waals surface area contributed by atoms with Crippen molar-refractivity contribution >= 4 is 44.5 Å². The first-order valence-corrected chi connectivity index (χ1v) is 18.5. The maximum Gasteiger partial charge on any atom is 0.404 e. The van der Waals surface area contributed by atoms with E-state index < -0.39 is 28.1 Å². The number of fused-ring (bicyclic) bond motifs is 1. The summed E-state index contributed by atoms with van der Waals surface area (Å²) < 4.78 is 33.7. The van der Waals surface area contributed by atoms with Gasteiger partial charge in [0.05, 0.1) is 29.0 Å². The van der Waals surface area contributed by atoms with Crippen molar-refractivity contribution in [3.8, 4) is 11.1 Å². The first-order chi connectivity index (χ1) is 24.5. The number of nitrogens with one attached hydrogen (secondary N) is 5. The molecule has 1 aliphatic heterocycles. The van der Waals surface area contributed by atoms with Crippen LogP contribution in [0.25, 0.3) is 22.0 Å². The topological polar surface area (TPSA) is 203 Å². The van der Waals surface area contributed by atoms with Gasteiger partial charge >= 0.3 is 6.09 Å². The summed E-state index contributed by atoms with van der Waals surface area (Å²) in [6.07, 6.45) is 1.59. The van der Waals surface area contributed by atoms with Crippen LogP contribution in [-0.4, -0.2) is 84.8 Å². The number of aromatic nitrogens is 2. The van der Waals surface area contributed by atoms with Crippen molar-refractivity contribution < 1.29 is 32.6 Å². The lowest BCUT2D eigenvalue weighted by molar-refractivity contribution is -0.130. The average Bonchev–Trinajstić information content (AvgIpc) is 3.50. The number of aromatic amines is 2. The first-order valence-electron chi connectivity index (χ1n) is 17.0. The number of hydrogen-bond acceptors (Lipinski definition) is 7. The number of carboxylic acid groups (broad SMARTS) is 1. The molecule has 2 heterocycles. The third-order valence-corrected chi connectivity index (χ3v) is 11.6. The number of aryl methyl sites for hydroxylation is 1. The van der Waals surface area contributed by atoms with Crippen molar-refractivity contribution in [2.24, 2.45) is 11.8 Å². The van der Waals surface area contributed by atoms with Crippen LogP contribution < -0.4 is 21.5 Å². The second-order valence-electron chi connectivity index (χ2n) is 13.2. The van der Waals surface area contributed by atoms with Gasteiger partial charge in [-0.25, -0.2) is 13.2 Å². The summed E-state index contributed by atoms with van der Waals surface area (Å²) in [6, 6.07) is 16.4. The van der Waals surface area contributed by atoms with Gasteiger partial charge in [-0.05, 0) is 91.1 Å². The first kappa shape index (κ1) is 35.8. The molecule has 15 heteroatoms. The maximum atomic E-state index is 13.8. The third kappa shape index (κ3) is 8.49. The second-order valence-corrected chi connectivity index (χ2v) is 15.1. The van der Waals surface area contributed by atoms with Gasteiger partial charge in [0.25, 0.3) is 5.56 Å². The molecule has 1 aliphatic carbocycles. The van der Waals surface area contributed by atoms with Crippen molar-refractivity contribution in [1.29, 1.82) is 0 Å². The number of nitrogens with zero attached hydrogens (tertiary/aromatic N) is 1. The monoisotopic (exact) mass is 718 g/mol. The highest BCUT2D eigenvalue weighted by molar-refractivity contribution is 7.89. The van der Waals surface area contributed by atoms with Crippen molar-refractivity contribution in [3.63, 3.8) is 0 Å². The predicted octanol–water partition coefficient (Wildman–Crippen LogP) is 3.59. The van der Waals surface area contributed by atoms with Gasteiger partial charge in [-0.1, -0.05) is 30.3 Å². The van der Waals surface area contributed by atoms with E-state index in [-0.39, 0.29) is 47.7 Å². The molecule has 0 bridgehead atoms. The Morgan fingerprint density at radius 2 is 1.75 bits per heavy atom. The summed E-state index contributed by atoms with van der Waals surface area (Å²) in [5.74, 6) is -0.876. The number of anilines is 1. The summed E-state index contributed by atoms with van der Waals surface area (Å²) in [5, 5.41) is 23.0. The van der Waals surface area contributed by atoms with Crippen LogP contribution in [0.15, 0.2) is 70.4 Å². The number of rotatable bonds is 11. The second kappa shape index (κ2) is 15.5. The number of sulfonamides is 1. The molecule has 1 aromatic heterocycles. The zero-order valence-electron chi connectivity index (χ0n) is 28.2. The molecule has 0 unspecified atom stereocenters. The van der Waals surface area contributed by atoms with E-state index in [1.54, 1.807) is 36.4 Å². The van der Waals surface area contributed by atoms with Crippen LogP contribution in [0.3, 0.4) is 0 Å². The summed E-state index contributed by atoms with van der Waals surface area (Å²) in [5.41, 5.74) is 3.82. The molecule has 3 aromatic carbocycles. The van der Waals surface area contributed by atoms with Crippen LogP contribution in [0.4, 0.5) is 10.5 Å². The van der Waals surface area contributed by atoms with Crippen LogP contribution in [0.1, 0.15) is 36.8 Å². The van der Waals surface area contributed by atoms with Crippen molar-refractivity contribution in [1.82, 2.24) is 25.1 Å². The van der Waals surface area contributed by atoms with E-state index in [9.17, 15) is 27.6 Å². The molecule has 2 aliphatic rings. The fourth-order valence-corrected chi connectivity index (χ4v) is 8.25. The lowest BCUT2D eigenvalue weighted by Gasteiger charge is -2.29. The molecule has 4 aromatic rings. The van der Waals surface area contributed by atoms with Crippen molar-refractivity contribution in [2.45, 2.75) is 50.0 Å². The Labute approximate surface area is 295 Å². The Bertz CT molecular complexity index is 2080. The average molecular weight is 719 g/mol. The van der Waals surface area contributed by atoms with Gasteiger partial charge in [0.2, 0.25) is 21.8 Å². The molecule has 0 radical (unpaired) electrons. The van der Waals surface area contributed by atoms with E-state index in [1.807, 2.05) is 31.2 Å². The third-order valence-electron chi connectivity index (χ3n) is 9.73. The molecule has 1 saturated heterocycles. The van der Waals surface area contributed by atoms with Gasteiger partial charge < -0.3 is 25.8 Å². The molecule has 1 saturated carbocycles. The van der Waals surface area contributed by atoms with Gasteiger partial charge in [0.15, 0.2) is 0 Å². The zero-order chi connectivity index (χ0) is 36.1. The van der Waals surface area contributed by atoms with Crippen molar-refractivity contribution in [3.05, 3.63) is 82.1 Å². The largest absolute Gasteiger partial charge is 0.465 e. The minimum absolute atomic E-state index is 0.146. The van der Waals surface area contributed by atoms with E-state index in [2.05, 4.69) is 26.1 Å². The molecule has 1 atom stereocenters. The standard InChI is InChI=1S/C36H42N6O8S/c1-22-5-11-28(51(48,49)42-13-15-50-16-14-42)20-30(22)26-4-2-3-24(17-26)18-32(35(45)38-27-10-12-29-31(19-27)40-41-34(29)44)39-33(43)25-8-6-23(7-9-25)21-37-36(46)47/h2-5,10-12,17,19-20,23,25,32,37H,6-9,13-16,18,21H2,1H3,(H,38,45)(H,39,43)(H,46,47)(H2,40,41,44)/t23?,25?,32-/m0/s1. The fraction of sp³-hybridized carbons (Fsp3) is 0.389. The van der Waals surface area contributed by atoms with Crippen LogP contribution in [0.2, 0.25) is 0 Å². The van der Waals surface area contributed by atoms with Crippen LogP contribution >= 0.6 is 0 Å². The summed E-state index contributed by atoms with van der Waals surface area (Å²) >= 11 is 0. The SMILES string of the molecule is Cc1ccc(S(=O)(=O)N2CCOCC2)cc1-c1cccc(C[C@H](NC(=O)C2CCC(CNC(=O)O)CC2)C(=O)Nc2ccc3c(=O)[nH][nH]c3c2)c1. The quantitative estimate of drug-likeness (QED) is 0.135. The summed E-state index contributed by atoms with van der Waals surface area (Å²) in [4.78, 5) is 50.5. The van der Waals surface area contributed by atoms with Crippen LogP contribution in [0.5, 0.6) is 0 Å². The van der Waals surface area contributed by atoms with E-state index in [0.717, 1.165) is 22.3 Å². The number of carbonyl (C=O) groups is 3. The molecular formula is C36H42N6O8S. The van der Waals surface area contributed by atoms with Crippen LogP contribution in [0, 0.1) is 18.8 Å². The minimum Gasteiger partial charge on any atom is -0.465 e. The molecular weight excluding hydrogens is 676 g/mol. The lowest BCUT2D eigenvalue weighted by atomic mass is 9.81. The molecule has 14 nitrogen and oxygen atoms in total. The molecule has 3 amide bonds. The molecule has 6 rings (SSSR count). The maximum absolute atomic E-state index is 13.8. The highest BCUT2D eigenvalue weighted by atomic mass is 32.2. The highest BCUT2D eigenvalue weighted by Crippen LogP contribution is 2.31. The number of morpholine rings is 1. The Morgan fingerprint density at radius 1 is 0.980 bits per heavy atom. The lowest BCUT2D eigenvalue weighted by Crippen LogP contribution is -2.48. The van der Waals surface area contributed by atoms with E-state index in [1.165, 1.54) is 4.31 Å². The van der Waals surface area contributed by atoms with Crippen LogP contribution in [-0.2, 0) is 30.8 Å². The molecule has 0 spiro atoms. The Kier molecular flexibility index (Phi) is 10.9. The Balaban J connectivity index is 1.23. The number of H-pyrrole nitrogens is 2. The molecule has 270 valence electrons. The van der Waals surface area contributed by atoms with E-state index in [4.69, 9.17) is 9.84 Å². The molecule has 6 N–H and O–H groups in total. The number of amides is 3. The number of hydrogen-bond donors (Lipinski definition) is 6. The fourth-order valence-electron chi connectivity index (χ4n) is 6.81. The highest BCUT2D eigenvalue weighted by Gasteiger charge is 2.31. The molecule has 51 heavy (non-hydrogen) atoms. The Morgan fingerprint density at radius 3 is 2.49 bits per heavy atom. The zero-order valence-corrected chi connectivity index (χ0v) is 29.1. The van der Waals surface area contributed by atoms with Gasteiger partial charge in [0, 0.05) is 37.7 Å². The Hall–Kier alpha value is -4.99. The van der Waals surface area contributed by atoms with Gasteiger partial charge in [0.1, 0.15) is 6.04 Å². The van der Waals surface area contributed by atoms with Gasteiger partial charge in [-0.2, -0.15) is 4.31 Å². The molecule has 2 fully saturated rings. The number of carbonyl (C=O) groups excluding carboxylic acids is 2.